The zero-order valence-corrected chi connectivity index (χ0v) is 33.0. The minimum absolute atomic E-state index is 0.0159. The van der Waals surface area contributed by atoms with Gasteiger partial charge in [0.1, 0.15) is 0 Å². The van der Waals surface area contributed by atoms with Crippen molar-refractivity contribution in [2.24, 2.45) is 0 Å². The van der Waals surface area contributed by atoms with Gasteiger partial charge in [-0.15, -0.1) is 0 Å². The van der Waals surface area contributed by atoms with Gasteiger partial charge in [0, 0.05) is 0 Å². The van der Waals surface area contributed by atoms with Crippen molar-refractivity contribution in [1.29, 1.82) is 0 Å². The maximum absolute atomic E-state index is 19.5. The third-order valence-electron chi connectivity index (χ3n) is 9.37. The first-order chi connectivity index (χ1) is 20.8. The van der Waals surface area contributed by atoms with Crippen LogP contribution in [0.4, 0.5) is 3.50 Å². The molecule has 0 aliphatic heterocycles. The van der Waals surface area contributed by atoms with E-state index >= 15 is 3.50 Å². The van der Waals surface area contributed by atoms with Crippen LogP contribution in [0, 0.1) is 20.8 Å². The van der Waals surface area contributed by atoms with Crippen molar-refractivity contribution >= 4 is 46.8 Å². The minimum atomic E-state index is -4.90. The molecule has 0 bridgehead atoms. The van der Waals surface area contributed by atoms with Gasteiger partial charge in [-0.2, -0.15) is 0 Å². The molecule has 0 heterocycles. The fourth-order valence-electron chi connectivity index (χ4n) is 7.22. The molecule has 0 spiro atoms. The van der Waals surface area contributed by atoms with Gasteiger partial charge >= 0.3 is 283 Å². The average molecular weight is 700 g/mol. The Balaban J connectivity index is 1.92. The number of aryl methyl sites for hydroxylation is 3. The summed E-state index contributed by atoms with van der Waals surface area (Å²) in [5.74, 6) is 0. The Morgan fingerprint density at radius 1 is 0.667 bits per heavy atom. The fourth-order valence-corrected chi connectivity index (χ4v) is 20.0. The van der Waals surface area contributed by atoms with Crippen LogP contribution in [0.15, 0.2) is 72.8 Å². The Morgan fingerprint density at radius 2 is 1.09 bits per heavy atom. The Morgan fingerprint density at radius 3 is 1.49 bits per heavy atom. The molecule has 0 saturated carbocycles. The van der Waals surface area contributed by atoms with Crippen LogP contribution in [0.3, 0.4) is 0 Å². The molecule has 4 aromatic carbocycles. The zero-order valence-electron chi connectivity index (χ0n) is 29.2. The van der Waals surface area contributed by atoms with Crippen LogP contribution in [-0.2, 0) is 16.2 Å². The number of fused-ring (bicyclic) bond motifs is 3. The summed E-state index contributed by atoms with van der Waals surface area (Å²) in [5.41, 5.74) is 11.1. The van der Waals surface area contributed by atoms with Crippen LogP contribution in [0.25, 0.3) is 11.1 Å². The fraction of sp³-hybridized carbons (Fsp3) is 0.390. The standard InChI is InChI=1S/C41H49ClFGeP/c1-25-21-26(2)35(27(3)22-25)44(43,36-31-19-15-13-17-29(31)30-18-14-16-20-32(30)36)38(42)45-37-33(40(7,8)9)23-28(39(4,5)6)24-34(37)41(10,11)12/h13-24,36H,1-12H3. The summed E-state index contributed by atoms with van der Waals surface area (Å²) < 4.78 is 20.4. The van der Waals surface area contributed by atoms with Gasteiger partial charge < -0.3 is 0 Å². The molecule has 0 N–H and O–H groups in total. The van der Waals surface area contributed by atoms with Crippen LogP contribution in [0.5, 0.6) is 0 Å². The molecular formula is C41H49ClFGeP. The second kappa shape index (κ2) is 11.8. The van der Waals surface area contributed by atoms with E-state index in [1.54, 1.807) is 0 Å². The predicted octanol–water partition coefficient (Wildman–Crippen LogP) is 11.2. The number of rotatable bonds is 4. The molecule has 0 radical (unpaired) electrons. The third-order valence-corrected chi connectivity index (χ3v) is 21.8. The molecule has 1 aliphatic rings. The van der Waals surface area contributed by atoms with Crippen LogP contribution in [0.1, 0.15) is 112 Å². The van der Waals surface area contributed by atoms with E-state index < -0.39 is 13.7 Å². The normalized spacial score (nSPS) is 15.6. The summed E-state index contributed by atoms with van der Waals surface area (Å²) in [5, 5.41) is 1.17. The zero-order chi connectivity index (χ0) is 33.3. The average Bonchev–Trinajstić information content (AvgIpc) is 3.25. The van der Waals surface area contributed by atoms with Crippen molar-refractivity contribution in [2.45, 2.75) is 104 Å². The summed E-state index contributed by atoms with van der Waals surface area (Å²) in [4.78, 5) is 0. The van der Waals surface area contributed by atoms with Gasteiger partial charge in [-0.3, -0.25) is 0 Å². The molecule has 1 atom stereocenters. The summed E-state index contributed by atoms with van der Waals surface area (Å²) >= 11 is 2.84. The van der Waals surface area contributed by atoms with E-state index in [0.29, 0.717) is 3.59 Å². The Hall–Kier alpha value is -2.19. The second-order valence-corrected chi connectivity index (χ2v) is 25.8. The first kappa shape index (κ1) is 34.2. The predicted molar refractivity (Wildman–Crippen MR) is 201 cm³/mol. The van der Waals surface area contributed by atoms with E-state index in [-0.39, 0.29) is 21.0 Å². The van der Waals surface area contributed by atoms with Gasteiger partial charge in [0.05, 0.1) is 0 Å². The SMILES string of the molecule is Cc1cc(C)[c]([Ge]([F])([C](Cl)=Pc2c(C(C)(C)C)cc(C(C)(C)C)cc2C(C)(C)C)[CH]2c3ccccc3-c3ccccc32)c(C)c1. The number of halogens is 2. The summed E-state index contributed by atoms with van der Waals surface area (Å²) in [7, 11) is 0.791. The first-order valence-electron chi connectivity index (χ1n) is 16.2. The van der Waals surface area contributed by atoms with Crippen LogP contribution in [-0.4, -0.2) is 17.3 Å². The molecule has 1 aliphatic carbocycles. The van der Waals surface area contributed by atoms with Crippen molar-refractivity contribution in [2.75, 3.05) is 0 Å². The van der Waals surface area contributed by atoms with Crippen molar-refractivity contribution in [1.82, 2.24) is 0 Å². The molecular weight excluding hydrogens is 650 g/mol. The van der Waals surface area contributed by atoms with Crippen molar-refractivity contribution in [3.05, 3.63) is 117 Å². The van der Waals surface area contributed by atoms with Gasteiger partial charge in [0.2, 0.25) is 0 Å². The van der Waals surface area contributed by atoms with Gasteiger partial charge in [-0.05, 0) is 0 Å². The van der Waals surface area contributed by atoms with Gasteiger partial charge in [0.25, 0.3) is 0 Å². The van der Waals surface area contributed by atoms with E-state index in [0.717, 1.165) is 51.5 Å². The molecule has 236 valence electrons. The van der Waals surface area contributed by atoms with E-state index in [9.17, 15) is 0 Å². The molecule has 45 heavy (non-hydrogen) atoms. The Bertz CT molecular complexity index is 1710. The summed E-state index contributed by atoms with van der Waals surface area (Å²) in [6, 6.07) is 25.9. The quantitative estimate of drug-likeness (QED) is 0.147. The van der Waals surface area contributed by atoms with E-state index in [4.69, 9.17) is 11.6 Å². The number of benzene rings is 4. The maximum atomic E-state index is 19.5. The molecule has 0 aromatic heterocycles. The van der Waals surface area contributed by atoms with Crippen LogP contribution >= 0.6 is 19.8 Å². The third kappa shape index (κ3) is 6.15. The molecule has 4 heteroatoms. The number of hydrogen-bond donors (Lipinski definition) is 0. The Labute approximate surface area is 281 Å². The van der Waals surface area contributed by atoms with Crippen LogP contribution in [0.2, 0.25) is 0 Å². The molecule has 0 amide bonds. The molecule has 0 nitrogen and oxygen atoms in total. The van der Waals surface area contributed by atoms with E-state index in [1.165, 1.54) is 22.0 Å². The van der Waals surface area contributed by atoms with Gasteiger partial charge in [0.15, 0.2) is 0 Å². The monoisotopic (exact) mass is 700 g/mol. The summed E-state index contributed by atoms with van der Waals surface area (Å²) in [6.45, 7) is 26.7. The Kier molecular flexibility index (Phi) is 8.96. The van der Waals surface area contributed by atoms with Crippen molar-refractivity contribution in [3.8, 4) is 11.1 Å². The van der Waals surface area contributed by atoms with E-state index in [2.05, 4.69) is 156 Å². The second-order valence-electron chi connectivity index (χ2n) is 16.2. The molecule has 1 unspecified atom stereocenters. The molecule has 5 rings (SSSR count). The first-order valence-corrected chi connectivity index (χ1v) is 21.5. The van der Waals surface area contributed by atoms with Gasteiger partial charge in [-0.1, -0.05) is 0 Å². The summed E-state index contributed by atoms with van der Waals surface area (Å²) in [6.07, 6.45) is 0. The molecule has 0 fully saturated rings. The molecule has 4 aromatic rings. The van der Waals surface area contributed by atoms with Crippen molar-refractivity contribution < 1.29 is 3.50 Å². The molecule has 0 saturated heterocycles. The number of hydrogen-bond acceptors (Lipinski definition) is 0. The van der Waals surface area contributed by atoms with Gasteiger partial charge in [-0.25, -0.2) is 0 Å². The van der Waals surface area contributed by atoms with Crippen LogP contribution < -0.4 is 9.70 Å². The topological polar surface area (TPSA) is 0 Å². The van der Waals surface area contributed by atoms with Crippen molar-refractivity contribution in [3.63, 3.8) is 0 Å². The van der Waals surface area contributed by atoms with E-state index in [1.807, 2.05) is 0 Å².